The molecule has 2 saturated heterocycles. The van der Waals surface area contributed by atoms with Gasteiger partial charge in [-0.1, -0.05) is 0 Å². The van der Waals surface area contributed by atoms with Crippen LogP contribution in [0.2, 0.25) is 0 Å². The van der Waals surface area contributed by atoms with E-state index in [0.717, 1.165) is 12.1 Å². The molecule has 2 aliphatic heterocycles. The number of halogens is 2. The SMILES string of the molecule is COCCNC(=O)[C@@H]1COC2(CCN(C(=O)c3ccc(F)cc3F)CC2)N1C(=O)c1ccc(OC)cc1. The standard InChI is InChI=1S/C26H29F2N3O6/c1-35-14-11-29-23(32)22-16-37-26(31(22)24(33)17-3-6-19(36-2)7-4-17)9-12-30(13-10-26)25(34)20-8-5-18(27)15-21(20)28/h3-8,15,22H,9-14,16H2,1-2H3,(H,29,32)/t22-/m0/s1. The Kier molecular flexibility index (Phi) is 8.03. The lowest BCUT2D eigenvalue weighted by atomic mass is 9.96. The molecular formula is C26H29F2N3O6. The number of likely N-dealkylation sites (tertiary alicyclic amines) is 1. The molecule has 3 amide bonds. The molecule has 2 aromatic carbocycles. The van der Waals surface area contributed by atoms with Crippen molar-refractivity contribution in [3.63, 3.8) is 0 Å². The molecule has 1 N–H and O–H groups in total. The van der Waals surface area contributed by atoms with Crippen molar-refractivity contribution in [2.24, 2.45) is 0 Å². The molecule has 4 rings (SSSR count). The summed E-state index contributed by atoms with van der Waals surface area (Å²) in [5, 5.41) is 2.77. The van der Waals surface area contributed by atoms with Crippen LogP contribution >= 0.6 is 0 Å². The Morgan fingerprint density at radius 3 is 2.38 bits per heavy atom. The maximum Gasteiger partial charge on any atom is 0.256 e. The molecule has 0 aliphatic carbocycles. The number of hydrogen-bond donors (Lipinski definition) is 1. The third-order valence-corrected chi connectivity index (χ3v) is 6.72. The molecule has 1 atom stereocenters. The fraction of sp³-hybridized carbons (Fsp3) is 0.423. The number of benzene rings is 2. The van der Waals surface area contributed by atoms with Gasteiger partial charge in [0.2, 0.25) is 5.91 Å². The lowest BCUT2D eigenvalue weighted by Gasteiger charge is -2.44. The number of piperidine rings is 1. The summed E-state index contributed by atoms with van der Waals surface area (Å²) in [6.45, 7) is 0.879. The van der Waals surface area contributed by atoms with Gasteiger partial charge in [-0.25, -0.2) is 8.78 Å². The number of carbonyl (C=O) groups excluding carboxylic acids is 3. The fourth-order valence-corrected chi connectivity index (χ4v) is 4.73. The van der Waals surface area contributed by atoms with Crippen LogP contribution in [0.4, 0.5) is 8.78 Å². The molecule has 0 saturated carbocycles. The molecule has 2 aliphatic rings. The first kappa shape index (κ1) is 26.5. The van der Waals surface area contributed by atoms with E-state index in [1.807, 2.05) is 0 Å². The molecule has 198 valence electrons. The number of methoxy groups -OCH3 is 2. The van der Waals surface area contributed by atoms with E-state index < -0.39 is 35.2 Å². The van der Waals surface area contributed by atoms with Crippen LogP contribution in [-0.2, 0) is 14.3 Å². The van der Waals surface area contributed by atoms with Crippen LogP contribution in [0.1, 0.15) is 33.6 Å². The zero-order valence-corrected chi connectivity index (χ0v) is 20.7. The minimum Gasteiger partial charge on any atom is -0.497 e. The first-order valence-corrected chi connectivity index (χ1v) is 11.9. The maximum atomic E-state index is 14.2. The molecule has 37 heavy (non-hydrogen) atoms. The van der Waals surface area contributed by atoms with Crippen molar-refractivity contribution in [3.05, 3.63) is 65.2 Å². The number of ether oxygens (including phenoxy) is 3. The summed E-state index contributed by atoms with van der Waals surface area (Å²) >= 11 is 0. The smallest absolute Gasteiger partial charge is 0.256 e. The molecule has 2 fully saturated rings. The number of carbonyl (C=O) groups is 3. The van der Waals surface area contributed by atoms with E-state index >= 15 is 0 Å². The van der Waals surface area contributed by atoms with E-state index in [1.165, 1.54) is 24.0 Å². The van der Waals surface area contributed by atoms with Crippen molar-refractivity contribution in [3.8, 4) is 5.75 Å². The molecule has 2 aromatic rings. The highest BCUT2D eigenvalue weighted by Crippen LogP contribution is 2.39. The lowest BCUT2D eigenvalue weighted by Crippen LogP contribution is -2.60. The van der Waals surface area contributed by atoms with Crippen LogP contribution in [-0.4, -0.2) is 86.4 Å². The zero-order valence-electron chi connectivity index (χ0n) is 20.7. The van der Waals surface area contributed by atoms with Crippen molar-refractivity contribution in [2.45, 2.75) is 24.6 Å². The largest absolute Gasteiger partial charge is 0.497 e. The van der Waals surface area contributed by atoms with Crippen LogP contribution in [0.15, 0.2) is 42.5 Å². The first-order chi connectivity index (χ1) is 17.8. The molecule has 0 unspecified atom stereocenters. The Morgan fingerprint density at radius 1 is 1.05 bits per heavy atom. The predicted molar refractivity (Wildman–Crippen MR) is 128 cm³/mol. The summed E-state index contributed by atoms with van der Waals surface area (Å²) in [5.74, 6) is -2.47. The van der Waals surface area contributed by atoms with E-state index in [-0.39, 0.29) is 50.6 Å². The van der Waals surface area contributed by atoms with E-state index in [2.05, 4.69) is 5.32 Å². The average Bonchev–Trinajstić information content (AvgIpc) is 3.27. The number of nitrogens with zero attached hydrogens (tertiary/aromatic N) is 2. The fourth-order valence-electron chi connectivity index (χ4n) is 4.73. The van der Waals surface area contributed by atoms with Crippen LogP contribution in [0, 0.1) is 11.6 Å². The van der Waals surface area contributed by atoms with Crippen LogP contribution < -0.4 is 10.1 Å². The van der Waals surface area contributed by atoms with Gasteiger partial charge in [0.15, 0.2) is 0 Å². The van der Waals surface area contributed by atoms with Gasteiger partial charge in [0.1, 0.15) is 29.2 Å². The van der Waals surface area contributed by atoms with Crippen molar-refractivity contribution in [1.82, 2.24) is 15.1 Å². The third kappa shape index (κ3) is 5.42. The second-order valence-corrected chi connectivity index (χ2v) is 8.88. The van der Waals surface area contributed by atoms with Crippen LogP contribution in [0.5, 0.6) is 5.75 Å². The van der Waals surface area contributed by atoms with Gasteiger partial charge in [0.05, 0.1) is 25.9 Å². The minimum atomic E-state index is -1.13. The molecule has 11 heteroatoms. The molecule has 1 spiro atoms. The highest BCUT2D eigenvalue weighted by atomic mass is 19.1. The molecular weight excluding hydrogens is 488 g/mol. The van der Waals surface area contributed by atoms with Crippen molar-refractivity contribution >= 4 is 17.7 Å². The van der Waals surface area contributed by atoms with Gasteiger partial charge in [0, 0.05) is 51.2 Å². The zero-order chi connectivity index (χ0) is 26.6. The van der Waals surface area contributed by atoms with Crippen LogP contribution in [0.25, 0.3) is 0 Å². The highest BCUT2D eigenvalue weighted by Gasteiger charge is 2.54. The van der Waals surface area contributed by atoms with Gasteiger partial charge in [-0.2, -0.15) is 0 Å². The Labute approximate surface area is 213 Å². The molecule has 2 heterocycles. The number of rotatable bonds is 7. The van der Waals surface area contributed by atoms with E-state index in [4.69, 9.17) is 14.2 Å². The van der Waals surface area contributed by atoms with Gasteiger partial charge in [0.25, 0.3) is 11.8 Å². The summed E-state index contributed by atoms with van der Waals surface area (Å²) in [6.07, 6.45) is 0.427. The van der Waals surface area contributed by atoms with Gasteiger partial charge < -0.3 is 24.4 Å². The minimum absolute atomic E-state index is 0.0127. The van der Waals surface area contributed by atoms with Crippen molar-refractivity contribution < 1.29 is 37.4 Å². The van der Waals surface area contributed by atoms with E-state index in [9.17, 15) is 23.2 Å². The first-order valence-electron chi connectivity index (χ1n) is 11.9. The molecule has 0 radical (unpaired) electrons. The third-order valence-electron chi connectivity index (χ3n) is 6.72. The van der Waals surface area contributed by atoms with Gasteiger partial charge in [-0.15, -0.1) is 0 Å². The lowest BCUT2D eigenvalue weighted by molar-refractivity contribution is -0.128. The maximum absolute atomic E-state index is 14.2. The Balaban J connectivity index is 1.56. The second-order valence-electron chi connectivity index (χ2n) is 8.88. The summed E-state index contributed by atoms with van der Waals surface area (Å²) in [4.78, 5) is 42.5. The van der Waals surface area contributed by atoms with Gasteiger partial charge in [-0.3, -0.25) is 19.3 Å². The van der Waals surface area contributed by atoms with Crippen LogP contribution in [0.3, 0.4) is 0 Å². The van der Waals surface area contributed by atoms with Crippen molar-refractivity contribution in [2.75, 3.05) is 47.1 Å². The average molecular weight is 518 g/mol. The number of nitrogens with one attached hydrogen (secondary N) is 1. The molecule has 0 aromatic heterocycles. The second kappa shape index (κ2) is 11.2. The predicted octanol–water partition coefficient (Wildman–Crippen LogP) is 2.21. The Morgan fingerprint density at radius 2 is 1.76 bits per heavy atom. The highest BCUT2D eigenvalue weighted by molar-refractivity contribution is 5.99. The van der Waals surface area contributed by atoms with E-state index in [0.29, 0.717) is 24.0 Å². The monoisotopic (exact) mass is 517 g/mol. The Hall–Kier alpha value is -3.57. The summed E-state index contributed by atoms with van der Waals surface area (Å²) in [7, 11) is 3.04. The van der Waals surface area contributed by atoms with E-state index in [1.54, 1.807) is 24.3 Å². The summed E-state index contributed by atoms with van der Waals surface area (Å²) in [6, 6.07) is 8.47. The number of amides is 3. The van der Waals surface area contributed by atoms with Gasteiger partial charge in [-0.05, 0) is 36.4 Å². The quantitative estimate of drug-likeness (QED) is 0.566. The molecule has 0 bridgehead atoms. The van der Waals surface area contributed by atoms with Gasteiger partial charge >= 0.3 is 0 Å². The number of hydrogen-bond acceptors (Lipinski definition) is 6. The normalized spacial score (nSPS) is 18.6. The summed E-state index contributed by atoms with van der Waals surface area (Å²) in [5.41, 5.74) is -1.00. The van der Waals surface area contributed by atoms with Crippen molar-refractivity contribution in [1.29, 1.82) is 0 Å². The topological polar surface area (TPSA) is 97.4 Å². The molecule has 9 nitrogen and oxygen atoms in total. The Bertz CT molecular complexity index is 1150. The summed E-state index contributed by atoms with van der Waals surface area (Å²) < 4.78 is 43.8.